The van der Waals surface area contributed by atoms with E-state index in [0.717, 1.165) is 10.9 Å². The molecule has 0 N–H and O–H groups in total. The zero-order valence-corrected chi connectivity index (χ0v) is 12.4. The molecule has 1 aromatic carbocycles. The fourth-order valence-electron chi connectivity index (χ4n) is 2.92. The van der Waals surface area contributed by atoms with Gasteiger partial charge >= 0.3 is 0 Å². The zero-order valence-electron chi connectivity index (χ0n) is 10.2. The molecule has 0 amide bonds. The molecule has 0 spiro atoms. The van der Waals surface area contributed by atoms with Gasteiger partial charge in [-0.25, -0.2) is 0 Å². The Kier molecular flexibility index (Phi) is 3.41. The van der Waals surface area contributed by atoms with Crippen molar-refractivity contribution in [2.24, 2.45) is 0 Å². The first-order chi connectivity index (χ1) is 8.75. The van der Waals surface area contributed by atoms with Crippen LogP contribution < -0.4 is 5.43 Å². The van der Waals surface area contributed by atoms with Gasteiger partial charge in [0.15, 0.2) is 5.43 Å². The van der Waals surface area contributed by atoms with Gasteiger partial charge in [0, 0.05) is 27.3 Å². The molecule has 1 fully saturated rings. The maximum absolute atomic E-state index is 11.9. The molecule has 0 saturated heterocycles. The van der Waals surface area contributed by atoms with Crippen LogP contribution in [-0.2, 0) is 0 Å². The second kappa shape index (κ2) is 5.03. The molecule has 1 aliphatic carbocycles. The van der Waals surface area contributed by atoms with Gasteiger partial charge in [-0.1, -0.05) is 19.3 Å². The highest BCUT2D eigenvalue weighted by molar-refractivity contribution is 14.1. The molecule has 1 saturated carbocycles. The first-order valence-electron chi connectivity index (χ1n) is 6.56. The van der Waals surface area contributed by atoms with Crippen molar-refractivity contribution in [3.05, 3.63) is 44.3 Å². The topological polar surface area (TPSA) is 22.0 Å². The van der Waals surface area contributed by atoms with Crippen molar-refractivity contribution in [1.29, 1.82) is 0 Å². The van der Waals surface area contributed by atoms with Crippen molar-refractivity contribution in [3.8, 4) is 0 Å². The van der Waals surface area contributed by atoms with Crippen molar-refractivity contribution in [3.63, 3.8) is 0 Å². The fourth-order valence-corrected chi connectivity index (χ4v) is 3.40. The second-order valence-electron chi connectivity index (χ2n) is 5.04. The van der Waals surface area contributed by atoms with E-state index in [1.165, 1.54) is 35.7 Å². The van der Waals surface area contributed by atoms with Crippen molar-refractivity contribution in [1.82, 2.24) is 4.57 Å². The standard InChI is InChI=1S/C15H16INO/c16-11-6-7-13-14(10-11)17(9-8-15(13)18)12-4-2-1-3-5-12/h6-10,12H,1-5H2. The summed E-state index contributed by atoms with van der Waals surface area (Å²) >= 11 is 2.31. The summed E-state index contributed by atoms with van der Waals surface area (Å²) in [7, 11) is 0. The smallest absolute Gasteiger partial charge is 0.189 e. The van der Waals surface area contributed by atoms with E-state index in [2.05, 4.69) is 33.2 Å². The summed E-state index contributed by atoms with van der Waals surface area (Å²) in [4.78, 5) is 11.9. The first-order valence-corrected chi connectivity index (χ1v) is 7.64. The minimum absolute atomic E-state index is 0.133. The molecule has 0 radical (unpaired) electrons. The van der Waals surface area contributed by atoms with Crippen molar-refractivity contribution < 1.29 is 0 Å². The largest absolute Gasteiger partial charge is 0.344 e. The number of rotatable bonds is 1. The summed E-state index contributed by atoms with van der Waals surface area (Å²) in [6.07, 6.45) is 8.43. The van der Waals surface area contributed by atoms with Gasteiger partial charge in [-0.15, -0.1) is 0 Å². The Labute approximate surface area is 120 Å². The summed E-state index contributed by atoms with van der Waals surface area (Å²) in [5.74, 6) is 0. The molecular weight excluding hydrogens is 337 g/mol. The Balaban J connectivity index is 2.19. The predicted octanol–water partition coefficient (Wildman–Crippen LogP) is 4.11. The predicted molar refractivity (Wildman–Crippen MR) is 83.0 cm³/mol. The molecule has 3 heteroatoms. The van der Waals surface area contributed by atoms with Gasteiger partial charge in [0.1, 0.15) is 0 Å². The van der Waals surface area contributed by atoms with Crippen LogP contribution in [0.25, 0.3) is 10.9 Å². The van der Waals surface area contributed by atoms with Crippen LogP contribution in [0.4, 0.5) is 0 Å². The summed E-state index contributed by atoms with van der Waals surface area (Å²) in [5, 5.41) is 0.850. The molecule has 1 heterocycles. The molecule has 0 bridgehead atoms. The van der Waals surface area contributed by atoms with E-state index in [1.54, 1.807) is 6.07 Å². The van der Waals surface area contributed by atoms with Gasteiger partial charge in [0.25, 0.3) is 0 Å². The van der Waals surface area contributed by atoms with Crippen molar-refractivity contribution in [2.75, 3.05) is 0 Å². The van der Waals surface area contributed by atoms with E-state index in [-0.39, 0.29) is 5.43 Å². The van der Waals surface area contributed by atoms with Crippen LogP contribution in [0.5, 0.6) is 0 Å². The van der Waals surface area contributed by atoms with Crippen LogP contribution in [0.15, 0.2) is 35.3 Å². The van der Waals surface area contributed by atoms with Gasteiger partial charge in [-0.05, 0) is 53.6 Å². The summed E-state index contributed by atoms with van der Waals surface area (Å²) in [6.45, 7) is 0. The Hall–Kier alpha value is -0.840. The van der Waals surface area contributed by atoms with E-state index in [0.29, 0.717) is 6.04 Å². The maximum Gasteiger partial charge on any atom is 0.189 e. The number of halogens is 1. The van der Waals surface area contributed by atoms with Gasteiger partial charge < -0.3 is 4.57 Å². The van der Waals surface area contributed by atoms with Crippen LogP contribution in [0, 0.1) is 3.57 Å². The minimum Gasteiger partial charge on any atom is -0.344 e. The lowest BCUT2D eigenvalue weighted by Crippen LogP contribution is -2.16. The third-order valence-electron chi connectivity index (χ3n) is 3.86. The molecule has 0 unspecified atom stereocenters. The quantitative estimate of drug-likeness (QED) is 0.708. The molecular formula is C15H16INO. The van der Waals surface area contributed by atoms with Gasteiger partial charge in [0.05, 0.1) is 5.52 Å². The number of aromatic nitrogens is 1. The normalized spacial score (nSPS) is 17.2. The first kappa shape index (κ1) is 12.2. The van der Waals surface area contributed by atoms with Crippen LogP contribution in [0.2, 0.25) is 0 Å². The third-order valence-corrected chi connectivity index (χ3v) is 4.53. The lowest BCUT2D eigenvalue weighted by molar-refractivity contribution is 0.359. The number of pyridine rings is 1. The number of fused-ring (bicyclic) bond motifs is 1. The number of hydrogen-bond donors (Lipinski definition) is 0. The highest BCUT2D eigenvalue weighted by Gasteiger charge is 2.16. The van der Waals surface area contributed by atoms with E-state index < -0.39 is 0 Å². The number of benzene rings is 1. The number of hydrogen-bond acceptors (Lipinski definition) is 1. The summed E-state index contributed by atoms with van der Waals surface area (Å²) in [6, 6.07) is 8.38. The van der Waals surface area contributed by atoms with E-state index >= 15 is 0 Å². The average Bonchev–Trinajstić information content (AvgIpc) is 2.40. The molecule has 1 aliphatic rings. The molecule has 2 aromatic rings. The van der Waals surface area contributed by atoms with Crippen LogP contribution >= 0.6 is 22.6 Å². The average molecular weight is 353 g/mol. The molecule has 0 atom stereocenters. The molecule has 0 aliphatic heterocycles. The zero-order chi connectivity index (χ0) is 12.5. The lowest BCUT2D eigenvalue weighted by Gasteiger charge is -2.26. The Morgan fingerprint density at radius 2 is 1.89 bits per heavy atom. The maximum atomic E-state index is 11.9. The fraction of sp³-hybridized carbons (Fsp3) is 0.400. The molecule has 2 nitrogen and oxygen atoms in total. The van der Waals surface area contributed by atoms with E-state index in [4.69, 9.17) is 0 Å². The highest BCUT2D eigenvalue weighted by Crippen LogP contribution is 2.30. The second-order valence-corrected chi connectivity index (χ2v) is 6.29. The Morgan fingerprint density at radius 1 is 1.11 bits per heavy atom. The van der Waals surface area contributed by atoms with Crippen LogP contribution in [-0.4, -0.2) is 4.57 Å². The van der Waals surface area contributed by atoms with Crippen LogP contribution in [0.1, 0.15) is 38.1 Å². The molecule has 94 valence electrons. The van der Waals surface area contributed by atoms with Gasteiger partial charge in [-0.3, -0.25) is 4.79 Å². The summed E-state index contributed by atoms with van der Waals surface area (Å²) in [5.41, 5.74) is 1.23. The lowest BCUT2D eigenvalue weighted by atomic mass is 9.95. The molecule has 1 aromatic heterocycles. The Morgan fingerprint density at radius 3 is 2.67 bits per heavy atom. The minimum atomic E-state index is 0.133. The van der Waals surface area contributed by atoms with Gasteiger partial charge in [0.2, 0.25) is 0 Å². The summed E-state index contributed by atoms with van der Waals surface area (Å²) < 4.78 is 3.51. The van der Waals surface area contributed by atoms with Crippen molar-refractivity contribution >= 4 is 33.5 Å². The molecule has 18 heavy (non-hydrogen) atoms. The van der Waals surface area contributed by atoms with Gasteiger partial charge in [-0.2, -0.15) is 0 Å². The monoisotopic (exact) mass is 353 g/mol. The van der Waals surface area contributed by atoms with E-state index in [1.807, 2.05) is 18.3 Å². The SMILES string of the molecule is O=c1ccn(C2CCCCC2)c2cc(I)ccc12. The van der Waals surface area contributed by atoms with E-state index in [9.17, 15) is 4.79 Å². The highest BCUT2D eigenvalue weighted by atomic mass is 127. The Bertz CT molecular complexity index is 626. The third kappa shape index (κ3) is 2.20. The number of nitrogens with zero attached hydrogens (tertiary/aromatic N) is 1. The van der Waals surface area contributed by atoms with Crippen LogP contribution in [0.3, 0.4) is 0 Å². The molecule has 3 rings (SSSR count). The van der Waals surface area contributed by atoms with Crippen molar-refractivity contribution in [2.45, 2.75) is 38.1 Å².